The summed E-state index contributed by atoms with van der Waals surface area (Å²) in [4.78, 5) is 24.3. The number of aliphatic hydroxyl groups excluding tert-OH is 2. The van der Waals surface area contributed by atoms with E-state index in [4.69, 9.17) is 28.8 Å². The zero-order valence-electron chi connectivity index (χ0n) is 35.8. The number of carboxylic acid groups (broad SMARTS) is 1. The van der Waals surface area contributed by atoms with E-state index < -0.39 is 41.8 Å². The zero-order chi connectivity index (χ0) is 41.6. The zero-order valence-corrected chi connectivity index (χ0v) is 35.8. The third-order valence-corrected chi connectivity index (χ3v) is 11.4. The van der Waals surface area contributed by atoms with Gasteiger partial charge in [-0.25, -0.2) is 9.59 Å². The van der Waals surface area contributed by atoms with Crippen LogP contribution >= 0.6 is 0 Å². The van der Waals surface area contributed by atoms with E-state index in [0.29, 0.717) is 23.3 Å². The molecule has 0 aliphatic rings. The van der Waals surface area contributed by atoms with Crippen LogP contribution in [0.4, 0.5) is 0 Å². The number of benzene rings is 2. The summed E-state index contributed by atoms with van der Waals surface area (Å²) in [5, 5.41) is 30.7. The number of carbonyl (C=O) groups is 2. The van der Waals surface area contributed by atoms with Gasteiger partial charge in [-0.2, -0.15) is 0 Å². The standard InChI is InChI=1S/C45H72O10/c1-13-15-28-45(12,14-2)51-29-18-16-17-27-42(6,7)52-30-31(3)43(8,9)54-40(49)36-23-25-37(26-24-36)41(50)55-44(10,11)32(4)33(5)53-39(48)35-21-19-34(20-22-35)38(46)47/h19-26,31-33,39-40,48-49H,13-18,27-30H2,1-12H3,(H,46,47). The Morgan fingerprint density at radius 2 is 1.25 bits per heavy atom. The average molecular weight is 773 g/mol. The summed E-state index contributed by atoms with van der Waals surface area (Å²) in [5.41, 5.74) is -0.643. The first-order valence-corrected chi connectivity index (χ1v) is 20.2. The van der Waals surface area contributed by atoms with Crippen molar-refractivity contribution in [3.05, 3.63) is 70.8 Å². The maximum Gasteiger partial charge on any atom is 0.338 e. The molecular formula is C45H72O10. The third kappa shape index (κ3) is 15.9. The first-order valence-electron chi connectivity index (χ1n) is 20.2. The lowest BCUT2D eigenvalue weighted by Gasteiger charge is -2.36. The van der Waals surface area contributed by atoms with E-state index >= 15 is 0 Å². The van der Waals surface area contributed by atoms with E-state index in [1.165, 1.54) is 37.1 Å². The van der Waals surface area contributed by atoms with Crippen molar-refractivity contribution in [1.29, 1.82) is 0 Å². The predicted octanol–water partition coefficient (Wildman–Crippen LogP) is 10.2. The van der Waals surface area contributed by atoms with Gasteiger partial charge in [-0.3, -0.25) is 0 Å². The Morgan fingerprint density at radius 1 is 0.691 bits per heavy atom. The number of ether oxygens (including phenoxy) is 5. The van der Waals surface area contributed by atoms with Crippen LogP contribution in [0.1, 0.15) is 179 Å². The molecule has 2 aromatic carbocycles. The minimum Gasteiger partial charge on any atom is -0.478 e. The molecule has 2 rings (SSSR count). The van der Waals surface area contributed by atoms with Crippen molar-refractivity contribution < 1.29 is 48.6 Å². The highest BCUT2D eigenvalue weighted by molar-refractivity contribution is 5.89. The number of esters is 1. The molecule has 2 aromatic rings. The van der Waals surface area contributed by atoms with Crippen LogP contribution in [0.2, 0.25) is 0 Å². The molecule has 55 heavy (non-hydrogen) atoms. The van der Waals surface area contributed by atoms with Crippen LogP contribution in [0.25, 0.3) is 0 Å². The maximum absolute atomic E-state index is 13.2. The molecule has 0 saturated heterocycles. The number of rotatable bonds is 26. The maximum atomic E-state index is 13.2. The second-order valence-corrected chi connectivity index (χ2v) is 17.1. The Bertz CT molecular complexity index is 1430. The quantitative estimate of drug-likeness (QED) is 0.0481. The second kappa shape index (κ2) is 21.6. The molecule has 0 saturated carbocycles. The number of hydrogen-bond acceptors (Lipinski definition) is 9. The van der Waals surface area contributed by atoms with Gasteiger partial charge in [0, 0.05) is 29.6 Å². The fourth-order valence-electron chi connectivity index (χ4n) is 6.08. The minimum absolute atomic E-state index is 0.0146. The monoisotopic (exact) mass is 773 g/mol. The van der Waals surface area contributed by atoms with Crippen LogP contribution in [0.15, 0.2) is 48.5 Å². The van der Waals surface area contributed by atoms with Gasteiger partial charge in [0.1, 0.15) is 5.60 Å². The van der Waals surface area contributed by atoms with E-state index in [1.807, 2.05) is 20.8 Å². The van der Waals surface area contributed by atoms with Crippen LogP contribution in [0, 0.1) is 11.8 Å². The topological polar surface area (TPSA) is 141 Å². The average Bonchev–Trinajstić information content (AvgIpc) is 3.13. The summed E-state index contributed by atoms with van der Waals surface area (Å²) in [7, 11) is 0. The van der Waals surface area contributed by atoms with E-state index in [-0.39, 0.29) is 28.6 Å². The van der Waals surface area contributed by atoms with Crippen molar-refractivity contribution in [3.63, 3.8) is 0 Å². The van der Waals surface area contributed by atoms with E-state index in [1.54, 1.807) is 45.0 Å². The van der Waals surface area contributed by atoms with Gasteiger partial charge < -0.3 is 39.0 Å². The molecule has 0 fully saturated rings. The van der Waals surface area contributed by atoms with Crippen molar-refractivity contribution in [3.8, 4) is 0 Å². The summed E-state index contributed by atoms with van der Waals surface area (Å²) in [6.07, 6.45) is 5.66. The number of aromatic carboxylic acids is 1. The highest BCUT2D eigenvalue weighted by Crippen LogP contribution is 2.32. The Morgan fingerprint density at radius 3 is 1.80 bits per heavy atom. The fourth-order valence-corrected chi connectivity index (χ4v) is 6.08. The molecule has 0 aliphatic carbocycles. The largest absolute Gasteiger partial charge is 0.478 e. The number of hydrogen-bond donors (Lipinski definition) is 3. The van der Waals surface area contributed by atoms with E-state index in [9.17, 15) is 19.8 Å². The second-order valence-electron chi connectivity index (χ2n) is 17.1. The van der Waals surface area contributed by atoms with Crippen LogP contribution < -0.4 is 0 Å². The molecule has 10 heteroatoms. The molecular weight excluding hydrogens is 700 g/mol. The molecule has 0 heterocycles. The SMILES string of the molecule is CCCCC(C)(CC)OCCCCCC(C)(C)OCC(C)C(C)(C)OC(O)c1ccc(C(=O)OC(C)(C)C(C)C(C)OC(O)c2ccc(C(=O)O)cc2)cc1. The molecule has 6 atom stereocenters. The Balaban J connectivity index is 1.84. The lowest BCUT2D eigenvalue weighted by Crippen LogP contribution is -2.41. The molecule has 0 amide bonds. The Labute approximate surface area is 331 Å². The van der Waals surface area contributed by atoms with Gasteiger partial charge in [-0.05, 0) is 105 Å². The first kappa shape index (κ1) is 48.3. The summed E-state index contributed by atoms with van der Waals surface area (Å²) in [6.45, 7) is 25.3. The highest BCUT2D eigenvalue weighted by Gasteiger charge is 2.36. The molecule has 312 valence electrons. The number of aliphatic hydroxyl groups is 2. The van der Waals surface area contributed by atoms with Gasteiger partial charge in [-0.15, -0.1) is 0 Å². The van der Waals surface area contributed by atoms with Crippen LogP contribution in [0.5, 0.6) is 0 Å². The van der Waals surface area contributed by atoms with Crippen molar-refractivity contribution in [1.82, 2.24) is 0 Å². The summed E-state index contributed by atoms with van der Waals surface area (Å²) < 4.78 is 30.5. The fraction of sp³-hybridized carbons (Fsp3) is 0.689. The van der Waals surface area contributed by atoms with Gasteiger partial charge in [0.05, 0.1) is 40.6 Å². The molecule has 3 N–H and O–H groups in total. The third-order valence-electron chi connectivity index (χ3n) is 11.4. The van der Waals surface area contributed by atoms with Gasteiger partial charge in [0.2, 0.25) is 0 Å². The van der Waals surface area contributed by atoms with E-state index in [0.717, 1.165) is 45.1 Å². The summed E-state index contributed by atoms with van der Waals surface area (Å²) in [5.74, 6) is -1.95. The van der Waals surface area contributed by atoms with Crippen LogP contribution in [-0.4, -0.2) is 69.0 Å². The highest BCUT2D eigenvalue weighted by atomic mass is 16.6. The normalized spacial score (nSPS) is 16.5. The Kier molecular flexibility index (Phi) is 19.0. The first-order chi connectivity index (χ1) is 25.6. The predicted molar refractivity (Wildman–Crippen MR) is 216 cm³/mol. The van der Waals surface area contributed by atoms with Crippen molar-refractivity contribution in [2.45, 2.75) is 176 Å². The van der Waals surface area contributed by atoms with Gasteiger partial charge in [-0.1, -0.05) is 77.6 Å². The lowest BCUT2D eigenvalue weighted by molar-refractivity contribution is -0.204. The van der Waals surface area contributed by atoms with Crippen molar-refractivity contribution in [2.24, 2.45) is 11.8 Å². The van der Waals surface area contributed by atoms with Crippen molar-refractivity contribution >= 4 is 11.9 Å². The molecule has 0 spiro atoms. The molecule has 0 radical (unpaired) electrons. The number of carboxylic acids is 1. The summed E-state index contributed by atoms with van der Waals surface area (Å²) in [6, 6.07) is 12.3. The summed E-state index contributed by atoms with van der Waals surface area (Å²) >= 11 is 0. The van der Waals surface area contributed by atoms with Gasteiger partial charge in [0.25, 0.3) is 0 Å². The molecule has 0 aromatic heterocycles. The minimum atomic E-state index is -1.29. The molecule has 0 bridgehead atoms. The lowest BCUT2D eigenvalue weighted by atomic mass is 9.88. The van der Waals surface area contributed by atoms with Crippen LogP contribution in [0.3, 0.4) is 0 Å². The molecule has 6 unspecified atom stereocenters. The van der Waals surface area contributed by atoms with Gasteiger partial charge in [0.15, 0.2) is 12.6 Å². The smallest absolute Gasteiger partial charge is 0.338 e. The van der Waals surface area contributed by atoms with E-state index in [2.05, 4.69) is 41.5 Å². The van der Waals surface area contributed by atoms with Gasteiger partial charge >= 0.3 is 11.9 Å². The Hall–Kier alpha value is -2.86. The molecule has 0 aliphatic heterocycles. The molecule has 10 nitrogen and oxygen atoms in total. The van der Waals surface area contributed by atoms with Crippen LogP contribution in [-0.2, 0) is 23.7 Å². The van der Waals surface area contributed by atoms with Crippen molar-refractivity contribution in [2.75, 3.05) is 13.2 Å². The number of carbonyl (C=O) groups excluding carboxylic acids is 1. The number of unbranched alkanes of at least 4 members (excludes halogenated alkanes) is 3.